The van der Waals surface area contributed by atoms with Gasteiger partial charge in [0, 0.05) is 5.92 Å². The van der Waals surface area contributed by atoms with Gasteiger partial charge < -0.3 is 5.73 Å². The topological polar surface area (TPSA) is 63.3 Å². The summed E-state index contributed by atoms with van der Waals surface area (Å²) >= 11 is 0. The van der Waals surface area contributed by atoms with Crippen LogP contribution in [0.3, 0.4) is 0 Å². The van der Waals surface area contributed by atoms with Crippen LogP contribution in [0.4, 0.5) is 4.39 Å². The van der Waals surface area contributed by atoms with Crippen LogP contribution < -0.4 is 5.73 Å². The molecule has 0 aromatic heterocycles. The van der Waals surface area contributed by atoms with Crippen LogP contribution in [-0.2, 0) is 4.57 Å². The van der Waals surface area contributed by atoms with Gasteiger partial charge in [0.25, 0.3) is 0 Å². The minimum absolute atomic E-state index is 0.0777. The monoisotopic (exact) mass is 236 g/mol. The molecule has 1 fully saturated rings. The van der Waals surface area contributed by atoms with Gasteiger partial charge in [0.15, 0.2) is 6.17 Å². The molecule has 0 radical (unpaired) electrons. The van der Waals surface area contributed by atoms with E-state index >= 15 is 0 Å². The Kier molecular flexibility index (Phi) is 5.65. The molecular formula is C10H20FNO2P+. The zero-order valence-electron chi connectivity index (χ0n) is 8.94. The number of hydrogen-bond acceptors (Lipinski definition) is 2. The van der Waals surface area contributed by atoms with Crippen LogP contribution >= 0.6 is 8.03 Å². The first kappa shape index (κ1) is 13.0. The van der Waals surface area contributed by atoms with Crippen molar-refractivity contribution in [3.8, 4) is 0 Å². The van der Waals surface area contributed by atoms with Crippen molar-refractivity contribution in [3.05, 3.63) is 0 Å². The van der Waals surface area contributed by atoms with Crippen LogP contribution in [0.25, 0.3) is 0 Å². The molecule has 1 rings (SSSR count). The predicted molar refractivity (Wildman–Crippen MR) is 58.8 cm³/mol. The minimum atomic E-state index is -2.42. The molecule has 3 atom stereocenters. The summed E-state index contributed by atoms with van der Waals surface area (Å²) in [6.45, 7) is 0.244. The standard InChI is InChI=1S/C10H19FNO2P/c11-9(6-7-12)10(15(13)14)8-4-2-1-3-5-8/h8-10H,1-7,12H2/p+1/t9-,10-/m0/s1. The molecule has 3 N–H and O–H groups in total. The molecule has 0 saturated heterocycles. The van der Waals surface area contributed by atoms with Gasteiger partial charge in [0.1, 0.15) is 0 Å². The molecule has 88 valence electrons. The van der Waals surface area contributed by atoms with Crippen molar-refractivity contribution >= 4 is 8.03 Å². The third-order valence-electron chi connectivity index (χ3n) is 3.20. The first-order valence-electron chi connectivity index (χ1n) is 5.66. The molecule has 1 saturated carbocycles. The van der Waals surface area contributed by atoms with Gasteiger partial charge in [-0.2, -0.15) is 4.89 Å². The van der Waals surface area contributed by atoms with Crippen LogP contribution in [0, 0.1) is 5.92 Å². The van der Waals surface area contributed by atoms with E-state index in [-0.39, 0.29) is 18.9 Å². The summed E-state index contributed by atoms with van der Waals surface area (Å²) in [5.41, 5.74) is 4.59. The maximum atomic E-state index is 13.7. The first-order chi connectivity index (χ1) is 7.16. The average Bonchev–Trinajstić information content (AvgIpc) is 2.19. The van der Waals surface area contributed by atoms with Gasteiger partial charge >= 0.3 is 8.03 Å². The Labute approximate surface area is 91.1 Å². The van der Waals surface area contributed by atoms with Gasteiger partial charge in [-0.05, 0) is 30.4 Å². The highest BCUT2D eigenvalue weighted by molar-refractivity contribution is 7.39. The fourth-order valence-electron chi connectivity index (χ4n) is 2.42. The predicted octanol–water partition coefficient (Wildman–Crippen LogP) is 2.36. The molecule has 1 aliphatic carbocycles. The Bertz CT molecular complexity index is 210. The van der Waals surface area contributed by atoms with E-state index in [1.807, 2.05) is 0 Å². The van der Waals surface area contributed by atoms with Crippen molar-refractivity contribution in [2.75, 3.05) is 6.54 Å². The Morgan fingerprint density at radius 2 is 2.00 bits per heavy atom. The normalized spacial score (nSPS) is 23.5. The Morgan fingerprint density at radius 1 is 1.40 bits per heavy atom. The van der Waals surface area contributed by atoms with E-state index in [4.69, 9.17) is 5.73 Å². The number of halogens is 1. The largest absolute Gasteiger partial charge is 0.512 e. The molecule has 1 unspecified atom stereocenters. The van der Waals surface area contributed by atoms with E-state index in [0.29, 0.717) is 0 Å². The third kappa shape index (κ3) is 3.78. The highest BCUT2D eigenvalue weighted by Crippen LogP contribution is 2.41. The van der Waals surface area contributed by atoms with Gasteiger partial charge in [-0.25, -0.2) is 4.39 Å². The van der Waals surface area contributed by atoms with Crippen molar-refractivity contribution in [3.63, 3.8) is 0 Å². The zero-order chi connectivity index (χ0) is 11.3. The Morgan fingerprint density at radius 3 is 2.47 bits per heavy atom. The lowest BCUT2D eigenvalue weighted by Crippen LogP contribution is -2.31. The van der Waals surface area contributed by atoms with Crippen LogP contribution in [0.2, 0.25) is 0 Å². The van der Waals surface area contributed by atoms with Crippen LogP contribution in [0.5, 0.6) is 0 Å². The summed E-state index contributed by atoms with van der Waals surface area (Å²) in [5, 5.41) is 0. The maximum absolute atomic E-state index is 13.7. The molecule has 0 aliphatic heterocycles. The van der Waals surface area contributed by atoms with E-state index in [1.54, 1.807) is 0 Å². The molecule has 1 aliphatic rings. The molecule has 0 amide bonds. The molecule has 3 nitrogen and oxygen atoms in total. The van der Waals surface area contributed by atoms with Gasteiger partial charge in [-0.15, -0.1) is 0 Å². The van der Waals surface area contributed by atoms with Gasteiger partial charge in [-0.3, -0.25) is 0 Å². The number of hydrogen-bond donors (Lipinski definition) is 2. The lowest BCUT2D eigenvalue weighted by Gasteiger charge is -2.24. The number of alkyl halides is 1. The van der Waals surface area contributed by atoms with Crippen molar-refractivity contribution in [1.29, 1.82) is 0 Å². The third-order valence-corrected chi connectivity index (χ3v) is 4.46. The summed E-state index contributed by atoms with van der Waals surface area (Å²) < 4.78 is 24.9. The van der Waals surface area contributed by atoms with E-state index in [1.165, 1.54) is 6.42 Å². The molecule has 0 spiro atoms. The smallest absolute Gasteiger partial charge is 0.330 e. The molecule has 5 heteroatoms. The Hall–Kier alpha value is -0.0500. The molecule has 0 heterocycles. The van der Waals surface area contributed by atoms with Gasteiger partial charge in [0.05, 0.1) is 0 Å². The van der Waals surface area contributed by atoms with Crippen LogP contribution in [0.1, 0.15) is 38.5 Å². The first-order valence-corrected chi connectivity index (χ1v) is 6.94. The van der Waals surface area contributed by atoms with E-state index < -0.39 is 19.9 Å². The van der Waals surface area contributed by atoms with E-state index in [0.717, 1.165) is 25.7 Å². The second-order valence-electron chi connectivity index (χ2n) is 4.28. The molecular weight excluding hydrogens is 216 g/mol. The fourth-order valence-corrected chi connectivity index (χ4v) is 3.50. The quantitative estimate of drug-likeness (QED) is 0.720. The zero-order valence-corrected chi connectivity index (χ0v) is 9.83. The van der Waals surface area contributed by atoms with Crippen molar-refractivity contribution in [2.45, 2.75) is 50.4 Å². The summed E-state index contributed by atoms with van der Waals surface area (Å²) in [4.78, 5) is 9.19. The van der Waals surface area contributed by atoms with Gasteiger partial charge in [0.2, 0.25) is 5.66 Å². The minimum Gasteiger partial charge on any atom is -0.330 e. The van der Waals surface area contributed by atoms with Crippen LogP contribution in [0.15, 0.2) is 0 Å². The lowest BCUT2D eigenvalue weighted by molar-refractivity contribution is 0.220. The summed E-state index contributed by atoms with van der Waals surface area (Å²) in [5.74, 6) is 0.0777. The second kappa shape index (κ2) is 6.51. The average molecular weight is 236 g/mol. The molecule has 0 aromatic rings. The molecule has 15 heavy (non-hydrogen) atoms. The summed E-state index contributed by atoms with van der Waals surface area (Å²) in [6, 6.07) is 0. The van der Waals surface area contributed by atoms with E-state index in [2.05, 4.69) is 0 Å². The fraction of sp³-hybridized carbons (Fsp3) is 1.00. The molecule has 0 aromatic carbocycles. The number of nitrogens with two attached hydrogens (primary N) is 1. The maximum Gasteiger partial charge on any atom is 0.512 e. The van der Waals surface area contributed by atoms with Gasteiger partial charge in [-0.1, -0.05) is 19.3 Å². The van der Waals surface area contributed by atoms with Crippen molar-refractivity contribution < 1.29 is 13.8 Å². The van der Waals surface area contributed by atoms with Crippen molar-refractivity contribution in [2.24, 2.45) is 11.7 Å². The lowest BCUT2D eigenvalue weighted by atomic mass is 9.85. The highest BCUT2D eigenvalue weighted by Gasteiger charge is 2.44. The Balaban J connectivity index is 2.58. The second-order valence-corrected chi connectivity index (χ2v) is 5.49. The van der Waals surface area contributed by atoms with E-state index in [9.17, 15) is 13.8 Å². The molecule has 0 bridgehead atoms. The SMILES string of the molecule is NCC[C@H](F)[C@H](C1CCCCC1)[P+](=O)O. The number of rotatable bonds is 5. The van der Waals surface area contributed by atoms with Crippen molar-refractivity contribution in [1.82, 2.24) is 0 Å². The summed E-state index contributed by atoms with van der Waals surface area (Å²) in [6.07, 6.45) is 4.03. The van der Waals surface area contributed by atoms with Crippen LogP contribution in [-0.4, -0.2) is 23.3 Å². The summed E-state index contributed by atoms with van der Waals surface area (Å²) in [7, 11) is -2.42. The highest BCUT2D eigenvalue weighted by atomic mass is 31.1.